The lowest BCUT2D eigenvalue weighted by molar-refractivity contribution is 0.0972. The summed E-state index contributed by atoms with van der Waals surface area (Å²) in [5, 5.41) is 8.57. The predicted molar refractivity (Wildman–Crippen MR) is 147 cm³/mol. The molecule has 0 aliphatic rings. The zero-order valence-corrected chi connectivity index (χ0v) is 21.3. The lowest BCUT2D eigenvalue weighted by Gasteiger charge is -2.15. The Bertz CT molecular complexity index is 1180. The molecule has 0 fully saturated rings. The minimum atomic E-state index is -0.394. The van der Waals surface area contributed by atoms with Crippen molar-refractivity contribution in [3.8, 4) is 11.5 Å². The average Bonchev–Trinajstić information content (AvgIpc) is 2.88. The first-order valence-corrected chi connectivity index (χ1v) is 12.4. The van der Waals surface area contributed by atoms with Gasteiger partial charge in [-0.15, -0.1) is 0 Å². The molecule has 3 aromatic carbocycles. The van der Waals surface area contributed by atoms with Crippen LogP contribution in [0.15, 0.2) is 72.8 Å². The van der Waals surface area contributed by atoms with Crippen LogP contribution < -0.4 is 25.4 Å². The summed E-state index contributed by atoms with van der Waals surface area (Å²) < 4.78 is 11.2. The number of hydrogen-bond donors (Lipinski definition) is 3. The summed E-state index contributed by atoms with van der Waals surface area (Å²) in [7, 11) is 0. The number of hydrogen-bond acceptors (Lipinski definition) is 5. The number of benzene rings is 3. The molecule has 0 radical (unpaired) electrons. The van der Waals surface area contributed by atoms with Crippen molar-refractivity contribution in [2.75, 3.05) is 23.8 Å². The van der Waals surface area contributed by atoms with Crippen LogP contribution in [0, 0.1) is 0 Å². The molecule has 2 amide bonds. The highest BCUT2D eigenvalue weighted by Gasteiger charge is 2.16. The van der Waals surface area contributed by atoms with E-state index in [9.17, 15) is 9.59 Å². The first kappa shape index (κ1) is 26.7. The Morgan fingerprint density at radius 1 is 0.778 bits per heavy atom. The average molecular weight is 506 g/mol. The van der Waals surface area contributed by atoms with E-state index >= 15 is 0 Å². The number of nitrogens with one attached hydrogen (secondary N) is 3. The van der Waals surface area contributed by atoms with E-state index in [0.29, 0.717) is 41.5 Å². The maximum absolute atomic E-state index is 12.9. The second-order valence-corrected chi connectivity index (χ2v) is 8.33. The van der Waals surface area contributed by atoms with Crippen LogP contribution >= 0.6 is 12.2 Å². The van der Waals surface area contributed by atoms with Gasteiger partial charge >= 0.3 is 0 Å². The summed E-state index contributed by atoms with van der Waals surface area (Å²) in [5.41, 5.74) is 1.86. The third kappa shape index (κ3) is 7.81. The molecule has 0 spiro atoms. The number of anilines is 2. The van der Waals surface area contributed by atoms with Crippen molar-refractivity contribution in [3.63, 3.8) is 0 Å². The van der Waals surface area contributed by atoms with Gasteiger partial charge in [-0.3, -0.25) is 14.9 Å². The van der Waals surface area contributed by atoms with E-state index in [1.165, 1.54) is 0 Å². The topological polar surface area (TPSA) is 88.7 Å². The van der Waals surface area contributed by atoms with Crippen molar-refractivity contribution in [1.82, 2.24) is 5.32 Å². The van der Waals surface area contributed by atoms with Crippen molar-refractivity contribution in [1.29, 1.82) is 0 Å². The Morgan fingerprint density at radius 2 is 1.47 bits per heavy atom. The lowest BCUT2D eigenvalue weighted by Crippen LogP contribution is -2.35. The molecule has 8 heteroatoms. The molecule has 0 aliphatic heterocycles. The Balaban J connectivity index is 1.64. The first-order chi connectivity index (χ1) is 17.5. The number of rotatable bonds is 11. The fraction of sp³-hybridized carbons (Fsp3) is 0.250. The van der Waals surface area contributed by atoms with Gasteiger partial charge in [-0.2, -0.15) is 0 Å². The Labute approximate surface area is 217 Å². The van der Waals surface area contributed by atoms with Gasteiger partial charge in [0.1, 0.15) is 11.5 Å². The van der Waals surface area contributed by atoms with Gasteiger partial charge in [-0.1, -0.05) is 44.0 Å². The molecule has 188 valence electrons. The molecule has 3 aromatic rings. The molecule has 7 nitrogen and oxygen atoms in total. The summed E-state index contributed by atoms with van der Waals surface area (Å²) in [6.07, 6.45) is 3.07. The predicted octanol–water partition coefficient (Wildman–Crippen LogP) is 6.03. The zero-order valence-electron chi connectivity index (χ0n) is 20.5. The minimum Gasteiger partial charge on any atom is -0.494 e. The smallest absolute Gasteiger partial charge is 0.261 e. The number of thiocarbonyl (C=S) groups is 1. The molecule has 0 unspecified atom stereocenters. The molecule has 0 saturated carbocycles. The van der Waals surface area contributed by atoms with Crippen LogP contribution in [0.3, 0.4) is 0 Å². The summed E-state index contributed by atoms with van der Waals surface area (Å²) in [4.78, 5) is 25.8. The Kier molecular flexibility index (Phi) is 10.3. The number of carbonyl (C=O) groups is 2. The van der Waals surface area contributed by atoms with Crippen LogP contribution in [0.5, 0.6) is 11.5 Å². The normalized spacial score (nSPS) is 10.3. The highest BCUT2D eigenvalue weighted by atomic mass is 32.1. The second-order valence-electron chi connectivity index (χ2n) is 7.92. The third-order valence-corrected chi connectivity index (χ3v) is 5.41. The van der Waals surface area contributed by atoms with E-state index in [1.807, 2.05) is 13.0 Å². The van der Waals surface area contributed by atoms with Gasteiger partial charge in [0.2, 0.25) is 0 Å². The maximum atomic E-state index is 12.9. The summed E-state index contributed by atoms with van der Waals surface area (Å²) >= 11 is 5.36. The van der Waals surface area contributed by atoms with Crippen LogP contribution in [0.1, 0.15) is 53.8 Å². The van der Waals surface area contributed by atoms with Crippen molar-refractivity contribution in [3.05, 3.63) is 83.9 Å². The molecule has 0 aromatic heterocycles. The van der Waals surface area contributed by atoms with Crippen LogP contribution in [0.2, 0.25) is 0 Å². The highest BCUT2D eigenvalue weighted by molar-refractivity contribution is 7.80. The van der Waals surface area contributed by atoms with Gasteiger partial charge in [0.15, 0.2) is 5.11 Å². The SMILES string of the molecule is CCCCCOc1ccccc1C(=O)NC(=S)Nc1ccccc1C(=O)Nc1ccc(OCC)cc1. The summed E-state index contributed by atoms with van der Waals surface area (Å²) in [6.45, 7) is 5.14. The first-order valence-electron chi connectivity index (χ1n) is 12.0. The standard InChI is InChI=1S/C28H31N3O4S/c1-3-5-10-19-35-25-14-9-7-12-23(25)27(33)31-28(36)30-24-13-8-6-11-22(24)26(32)29-20-15-17-21(18-16-20)34-4-2/h6-9,11-18H,3-5,10,19H2,1-2H3,(H,29,32)(H2,30,31,33,36). The highest BCUT2D eigenvalue weighted by Crippen LogP contribution is 2.21. The van der Waals surface area contributed by atoms with Crippen LogP contribution in [-0.4, -0.2) is 30.1 Å². The molecule has 0 saturated heterocycles. The lowest BCUT2D eigenvalue weighted by atomic mass is 10.1. The third-order valence-electron chi connectivity index (χ3n) is 5.21. The van der Waals surface area contributed by atoms with Gasteiger partial charge in [0, 0.05) is 5.69 Å². The maximum Gasteiger partial charge on any atom is 0.261 e. The molecule has 0 aliphatic carbocycles. The molecule has 3 N–H and O–H groups in total. The monoisotopic (exact) mass is 505 g/mol. The van der Waals surface area contributed by atoms with Gasteiger partial charge in [0.05, 0.1) is 30.0 Å². The van der Waals surface area contributed by atoms with E-state index in [1.54, 1.807) is 66.7 Å². The van der Waals surface area contributed by atoms with Crippen molar-refractivity contribution in [2.24, 2.45) is 0 Å². The molecule has 0 bridgehead atoms. The van der Waals surface area contributed by atoms with Crippen LogP contribution in [-0.2, 0) is 0 Å². The van der Waals surface area contributed by atoms with E-state index in [4.69, 9.17) is 21.7 Å². The van der Waals surface area contributed by atoms with Crippen LogP contribution in [0.25, 0.3) is 0 Å². The quantitative estimate of drug-likeness (QED) is 0.218. The molecule has 3 rings (SSSR count). The van der Waals surface area contributed by atoms with Gasteiger partial charge in [0.25, 0.3) is 11.8 Å². The largest absolute Gasteiger partial charge is 0.494 e. The number of ether oxygens (including phenoxy) is 2. The molecule has 36 heavy (non-hydrogen) atoms. The van der Waals surface area contributed by atoms with E-state index < -0.39 is 5.91 Å². The number of carbonyl (C=O) groups excluding carboxylic acids is 2. The fourth-order valence-corrected chi connectivity index (χ4v) is 3.63. The number of amides is 2. The zero-order chi connectivity index (χ0) is 25.8. The molecule has 0 heterocycles. The van der Waals surface area contributed by atoms with E-state index in [2.05, 4.69) is 22.9 Å². The molecular weight excluding hydrogens is 474 g/mol. The molecular formula is C28H31N3O4S. The van der Waals surface area contributed by atoms with Gasteiger partial charge in [-0.05, 0) is 74.1 Å². The van der Waals surface area contributed by atoms with E-state index in [-0.39, 0.29) is 11.0 Å². The minimum absolute atomic E-state index is 0.0714. The number of unbranched alkanes of at least 4 members (excludes halogenated alkanes) is 2. The fourth-order valence-electron chi connectivity index (χ4n) is 3.43. The molecule has 0 atom stereocenters. The Hall–Kier alpha value is -3.91. The van der Waals surface area contributed by atoms with Crippen LogP contribution in [0.4, 0.5) is 11.4 Å². The Morgan fingerprint density at radius 3 is 2.19 bits per heavy atom. The van der Waals surface area contributed by atoms with Gasteiger partial charge < -0.3 is 20.1 Å². The second kappa shape index (κ2) is 13.8. The number of para-hydroxylation sites is 2. The van der Waals surface area contributed by atoms with Crippen molar-refractivity contribution in [2.45, 2.75) is 33.1 Å². The summed E-state index contributed by atoms with van der Waals surface area (Å²) in [5.74, 6) is 0.521. The van der Waals surface area contributed by atoms with Crippen molar-refractivity contribution >= 4 is 40.5 Å². The summed E-state index contributed by atoms with van der Waals surface area (Å²) in [6, 6.07) is 21.1. The van der Waals surface area contributed by atoms with E-state index in [0.717, 1.165) is 25.0 Å². The van der Waals surface area contributed by atoms with Gasteiger partial charge in [-0.25, -0.2) is 0 Å². The van der Waals surface area contributed by atoms with Crippen molar-refractivity contribution < 1.29 is 19.1 Å².